The second-order valence-electron chi connectivity index (χ2n) is 7.04. The zero-order chi connectivity index (χ0) is 19.6. The third-order valence-corrected chi connectivity index (χ3v) is 6.21. The number of aryl methyl sites for hydroxylation is 2. The van der Waals surface area contributed by atoms with Crippen LogP contribution in [0.2, 0.25) is 0 Å². The molecule has 6 nitrogen and oxygen atoms in total. The first kappa shape index (κ1) is 19.4. The number of carbonyl (C=O) groups excluding carboxylic acids is 1. The Morgan fingerprint density at radius 2 is 1.81 bits per heavy atom. The van der Waals surface area contributed by atoms with E-state index in [1.54, 1.807) is 42.5 Å². The first-order chi connectivity index (χ1) is 12.8. The predicted molar refractivity (Wildman–Crippen MR) is 107 cm³/mol. The highest BCUT2D eigenvalue weighted by molar-refractivity contribution is 7.92. The van der Waals surface area contributed by atoms with Crippen molar-refractivity contribution in [1.29, 1.82) is 0 Å². The molecule has 1 fully saturated rings. The average Bonchev–Trinajstić information content (AvgIpc) is 2.63. The Balaban J connectivity index is 1.73. The highest BCUT2D eigenvalue weighted by atomic mass is 32.2. The van der Waals surface area contributed by atoms with E-state index in [1.165, 1.54) is 0 Å². The molecule has 1 heterocycles. The number of benzene rings is 2. The van der Waals surface area contributed by atoms with Gasteiger partial charge >= 0.3 is 0 Å². The summed E-state index contributed by atoms with van der Waals surface area (Å²) in [6.07, 6.45) is 0. The fourth-order valence-electron chi connectivity index (χ4n) is 3.08. The standard InChI is InChI=1S/C20H25N3O3S/c1-14-4-9-19(12-15(14)2)27(25,26)22-18-7-5-17(6-8-18)20(24)23-11-10-21-16(3)13-23/h4-9,12,16,21-22H,10-11,13H2,1-3H3. The van der Waals surface area contributed by atoms with Crippen LogP contribution in [0.15, 0.2) is 47.4 Å². The maximum absolute atomic E-state index is 12.6. The van der Waals surface area contributed by atoms with E-state index in [4.69, 9.17) is 0 Å². The highest BCUT2D eigenvalue weighted by Crippen LogP contribution is 2.20. The number of hydrogen-bond donors (Lipinski definition) is 2. The Labute approximate surface area is 160 Å². The van der Waals surface area contributed by atoms with Crippen molar-refractivity contribution in [2.24, 2.45) is 0 Å². The Bertz CT molecular complexity index is 939. The van der Waals surface area contributed by atoms with E-state index >= 15 is 0 Å². The molecule has 0 aliphatic carbocycles. The second kappa shape index (κ2) is 7.70. The lowest BCUT2D eigenvalue weighted by molar-refractivity contribution is 0.0709. The van der Waals surface area contributed by atoms with Gasteiger partial charge in [0.1, 0.15) is 0 Å². The van der Waals surface area contributed by atoms with Crippen LogP contribution in [0.4, 0.5) is 5.69 Å². The summed E-state index contributed by atoms with van der Waals surface area (Å²) in [5, 5.41) is 3.31. The molecule has 0 aromatic heterocycles. The monoisotopic (exact) mass is 387 g/mol. The Morgan fingerprint density at radius 1 is 1.11 bits per heavy atom. The van der Waals surface area contributed by atoms with Gasteiger partial charge in [0.05, 0.1) is 4.90 Å². The fraction of sp³-hybridized carbons (Fsp3) is 0.350. The van der Waals surface area contributed by atoms with Gasteiger partial charge in [-0.3, -0.25) is 9.52 Å². The van der Waals surface area contributed by atoms with Gasteiger partial charge in [0.15, 0.2) is 0 Å². The molecule has 3 rings (SSSR count). The average molecular weight is 388 g/mol. The molecule has 144 valence electrons. The molecule has 0 radical (unpaired) electrons. The van der Waals surface area contributed by atoms with Gasteiger partial charge < -0.3 is 10.2 Å². The number of hydrogen-bond acceptors (Lipinski definition) is 4. The van der Waals surface area contributed by atoms with E-state index in [0.717, 1.165) is 17.7 Å². The van der Waals surface area contributed by atoms with Gasteiger partial charge in [0, 0.05) is 36.9 Å². The van der Waals surface area contributed by atoms with Gasteiger partial charge in [-0.25, -0.2) is 8.42 Å². The number of anilines is 1. The van der Waals surface area contributed by atoms with Gasteiger partial charge in [0.25, 0.3) is 15.9 Å². The number of carbonyl (C=O) groups is 1. The van der Waals surface area contributed by atoms with Gasteiger partial charge in [-0.05, 0) is 68.3 Å². The van der Waals surface area contributed by atoms with Crippen LogP contribution in [0, 0.1) is 13.8 Å². The minimum atomic E-state index is -3.67. The van der Waals surface area contributed by atoms with E-state index in [2.05, 4.69) is 10.0 Å². The molecule has 27 heavy (non-hydrogen) atoms. The number of rotatable bonds is 4. The molecule has 0 spiro atoms. The van der Waals surface area contributed by atoms with E-state index in [-0.39, 0.29) is 16.8 Å². The summed E-state index contributed by atoms with van der Waals surface area (Å²) in [4.78, 5) is 14.6. The number of piperazine rings is 1. The summed E-state index contributed by atoms with van der Waals surface area (Å²) in [7, 11) is -3.67. The normalized spacial score (nSPS) is 17.6. The fourth-order valence-corrected chi connectivity index (χ4v) is 4.22. The Kier molecular flexibility index (Phi) is 5.53. The number of nitrogens with zero attached hydrogens (tertiary/aromatic N) is 1. The molecule has 1 saturated heterocycles. The predicted octanol–water partition coefficient (Wildman–Crippen LogP) is 2.54. The highest BCUT2D eigenvalue weighted by Gasteiger charge is 2.22. The summed E-state index contributed by atoms with van der Waals surface area (Å²) in [5.74, 6) is -0.0353. The summed E-state index contributed by atoms with van der Waals surface area (Å²) >= 11 is 0. The maximum atomic E-state index is 12.6. The van der Waals surface area contributed by atoms with Crippen molar-refractivity contribution in [3.8, 4) is 0 Å². The Morgan fingerprint density at radius 3 is 2.44 bits per heavy atom. The molecule has 0 bridgehead atoms. The van der Waals surface area contributed by atoms with Crippen LogP contribution in [-0.2, 0) is 10.0 Å². The third kappa shape index (κ3) is 4.48. The first-order valence-electron chi connectivity index (χ1n) is 8.99. The minimum Gasteiger partial charge on any atom is -0.336 e. The smallest absolute Gasteiger partial charge is 0.261 e. The van der Waals surface area contributed by atoms with Crippen molar-refractivity contribution in [2.45, 2.75) is 31.7 Å². The number of sulfonamides is 1. The molecule has 0 saturated carbocycles. The van der Waals surface area contributed by atoms with Crippen molar-refractivity contribution >= 4 is 21.6 Å². The van der Waals surface area contributed by atoms with Crippen LogP contribution < -0.4 is 10.0 Å². The quantitative estimate of drug-likeness (QED) is 0.845. The molecule has 1 atom stereocenters. The number of amides is 1. The van der Waals surface area contributed by atoms with Crippen molar-refractivity contribution in [3.05, 3.63) is 59.2 Å². The summed E-state index contributed by atoms with van der Waals surface area (Å²) in [5.41, 5.74) is 2.94. The minimum absolute atomic E-state index is 0.0353. The SMILES string of the molecule is Cc1ccc(S(=O)(=O)Nc2ccc(C(=O)N3CCNC(C)C3)cc2)cc1C. The second-order valence-corrected chi connectivity index (χ2v) is 8.72. The summed E-state index contributed by atoms with van der Waals surface area (Å²) < 4.78 is 27.7. The van der Waals surface area contributed by atoms with Crippen molar-refractivity contribution in [2.75, 3.05) is 24.4 Å². The summed E-state index contributed by atoms with van der Waals surface area (Å²) in [6.45, 7) is 7.98. The van der Waals surface area contributed by atoms with E-state index in [1.807, 2.05) is 25.7 Å². The van der Waals surface area contributed by atoms with Crippen LogP contribution in [0.3, 0.4) is 0 Å². The van der Waals surface area contributed by atoms with Crippen LogP contribution >= 0.6 is 0 Å². The van der Waals surface area contributed by atoms with Gasteiger partial charge in [0.2, 0.25) is 0 Å². The van der Waals surface area contributed by atoms with Gasteiger partial charge in [-0.2, -0.15) is 0 Å². The van der Waals surface area contributed by atoms with Crippen LogP contribution in [0.25, 0.3) is 0 Å². The lowest BCUT2D eigenvalue weighted by Gasteiger charge is -2.32. The molecule has 2 aromatic carbocycles. The van der Waals surface area contributed by atoms with Gasteiger partial charge in [-0.15, -0.1) is 0 Å². The molecule has 2 N–H and O–H groups in total. The molecule has 2 aromatic rings. The van der Waals surface area contributed by atoms with Crippen molar-refractivity contribution < 1.29 is 13.2 Å². The maximum Gasteiger partial charge on any atom is 0.261 e. The topological polar surface area (TPSA) is 78.5 Å². The molecular formula is C20H25N3O3S. The lowest BCUT2D eigenvalue weighted by atomic mass is 10.1. The van der Waals surface area contributed by atoms with Gasteiger partial charge in [-0.1, -0.05) is 6.07 Å². The van der Waals surface area contributed by atoms with Crippen LogP contribution in [0.1, 0.15) is 28.4 Å². The first-order valence-corrected chi connectivity index (χ1v) is 10.5. The van der Waals surface area contributed by atoms with Crippen molar-refractivity contribution in [3.63, 3.8) is 0 Å². The molecule has 1 unspecified atom stereocenters. The molecule has 1 amide bonds. The summed E-state index contributed by atoms with van der Waals surface area (Å²) in [6, 6.07) is 11.9. The van der Waals surface area contributed by atoms with Crippen molar-refractivity contribution in [1.82, 2.24) is 10.2 Å². The Hall–Kier alpha value is -2.38. The van der Waals surface area contributed by atoms with E-state index < -0.39 is 10.0 Å². The molecule has 7 heteroatoms. The molecular weight excluding hydrogens is 362 g/mol. The number of nitrogens with one attached hydrogen (secondary N) is 2. The largest absolute Gasteiger partial charge is 0.336 e. The molecule has 1 aliphatic rings. The van der Waals surface area contributed by atoms with E-state index in [0.29, 0.717) is 24.3 Å². The lowest BCUT2D eigenvalue weighted by Crippen LogP contribution is -2.51. The third-order valence-electron chi connectivity index (χ3n) is 4.83. The molecule has 1 aliphatic heterocycles. The zero-order valence-corrected chi connectivity index (χ0v) is 16.6. The van der Waals surface area contributed by atoms with Crippen LogP contribution in [0.5, 0.6) is 0 Å². The van der Waals surface area contributed by atoms with E-state index in [9.17, 15) is 13.2 Å². The van der Waals surface area contributed by atoms with Crippen LogP contribution in [-0.4, -0.2) is 44.9 Å². The zero-order valence-electron chi connectivity index (χ0n) is 15.8.